The van der Waals surface area contributed by atoms with Gasteiger partial charge in [0.15, 0.2) is 0 Å². The van der Waals surface area contributed by atoms with Crippen LogP contribution >= 0.6 is 0 Å². The van der Waals surface area contributed by atoms with Gasteiger partial charge in [-0.05, 0) is 37.3 Å². The monoisotopic (exact) mass is 275 g/mol. The Bertz CT molecular complexity index is 657. The summed E-state index contributed by atoms with van der Waals surface area (Å²) >= 11 is 0. The van der Waals surface area contributed by atoms with Gasteiger partial charge in [0.2, 0.25) is 0 Å². The summed E-state index contributed by atoms with van der Waals surface area (Å²) in [6, 6.07) is 2.82. The van der Waals surface area contributed by atoms with Crippen LogP contribution in [0, 0.1) is 5.82 Å². The number of aryl methyl sites for hydroxylation is 1. The quantitative estimate of drug-likeness (QED) is 0.502. The number of nitrogens with one attached hydrogen (secondary N) is 1. The molecule has 1 aliphatic rings. The number of hydrazine groups is 1. The van der Waals surface area contributed by atoms with Gasteiger partial charge in [0.1, 0.15) is 17.1 Å². The molecule has 2 aromatic rings. The Kier molecular flexibility index (Phi) is 3.44. The fraction of sp³-hybridized carbons (Fsp3) is 0.400. The van der Waals surface area contributed by atoms with Gasteiger partial charge >= 0.3 is 0 Å². The lowest BCUT2D eigenvalue weighted by Gasteiger charge is -2.16. The summed E-state index contributed by atoms with van der Waals surface area (Å²) in [5.41, 5.74) is 6.36. The molecule has 1 aromatic heterocycles. The van der Waals surface area contributed by atoms with E-state index in [1.54, 1.807) is 0 Å². The predicted octanol–water partition coefficient (Wildman–Crippen LogP) is 2.94. The number of nitrogens with two attached hydrogens (primary N) is 1. The molecule has 0 fully saturated rings. The minimum absolute atomic E-state index is 0.346. The number of benzene rings is 1. The molecule has 0 saturated heterocycles. The van der Waals surface area contributed by atoms with Crippen LogP contribution in [0.3, 0.4) is 0 Å². The van der Waals surface area contributed by atoms with Gasteiger partial charge in [0.25, 0.3) is 0 Å². The van der Waals surface area contributed by atoms with Crippen molar-refractivity contribution in [2.45, 2.75) is 32.1 Å². The number of aromatic nitrogens is 1. The number of anilines is 1. The largest absolute Gasteiger partial charge is 0.494 e. The first-order chi connectivity index (χ1) is 9.74. The standard InChI is InChI=1S/C15H18FN3O/c1-20-13-8-9(16)7-11-14(19-17)10-5-3-2-4-6-12(10)18-15(11)13/h7-8H,2-6,17H2,1H3,(H,18,19). The Morgan fingerprint density at radius 2 is 2.05 bits per heavy atom. The summed E-state index contributed by atoms with van der Waals surface area (Å²) in [6.45, 7) is 0. The van der Waals surface area contributed by atoms with Gasteiger partial charge in [-0.15, -0.1) is 0 Å². The van der Waals surface area contributed by atoms with E-state index < -0.39 is 0 Å². The lowest BCUT2D eigenvalue weighted by molar-refractivity contribution is 0.415. The minimum atomic E-state index is -0.346. The van der Waals surface area contributed by atoms with E-state index in [2.05, 4.69) is 5.43 Å². The molecule has 20 heavy (non-hydrogen) atoms. The van der Waals surface area contributed by atoms with Crippen molar-refractivity contribution in [2.75, 3.05) is 12.5 Å². The van der Waals surface area contributed by atoms with Gasteiger partial charge < -0.3 is 10.2 Å². The SMILES string of the molecule is COc1cc(F)cc2c(NN)c3c(nc12)CCCCC3. The van der Waals surface area contributed by atoms with Crippen molar-refractivity contribution in [3.05, 3.63) is 29.2 Å². The van der Waals surface area contributed by atoms with Crippen molar-refractivity contribution < 1.29 is 9.13 Å². The molecule has 1 aliphatic carbocycles. The number of methoxy groups -OCH3 is 1. The maximum absolute atomic E-state index is 13.7. The molecular formula is C15H18FN3O. The van der Waals surface area contributed by atoms with E-state index in [-0.39, 0.29) is 5.82 Å². The molecule has 0 bridgehead atoms. The summed E-state index contributed by atoms with van der Waals surface area (Å²) < 4.78 is 19.0. The molecule has 4 nitrogen and oxygen atoms in total. The van der Waals surface area contributed by atoms with Gasteiger partial charge in [0.05, 0.1) is 12.8 Å². The first-order valence-corrected chi connectivity index (χ1v) is 6.90. The molecule has 0 unspecified atom stereocenters. The van der Waals surface area contributed by atoms with Crippen molar-refractivity contribution in [1.82, 2.24) is 4.98 Å². The summed E-state index contributed by atoms with van der Waals surface area (Å²) in [4.78, 5) is 4.71. The average molecular weight is 275 g/mol. The van der Waals surface area contributed by atoms with Crippen molar-refractivity contribution in [3.8, 4) is 5.75 Å². The molecule has 0 aliphatic heterocycles. The number of nitrogens with zero attached hydrogens (tertiary/aromatic N) is 1. The second-order valence-corrected chi connectivity index (χ2v) is 5.12. The van der Waals surface area contributed by atoms with E-state index in [1.165, 1.54) is 25.7 Å². The average Bonchev–Trinajstić information content (AvgIpc) is 2.69. The molecule has 0 radical (unpaired) electrons. The first kappa shape index (κ1) is 13.1. The molecular weight excluding hydrogens is 257 g/mol. The smallest absolute Gasteiger partial charge is 0.148 e. The Morgan fingerprint density at radius 3 is 2.80 bits per heavy atom. The first-order valence-electron chi connectivity index (χ1n) is 6.90. The highest BCUT2D eigenvalue weighted by molar-refractivity contribution is 5.96. The lowest BCUT2D eigenvalue weighted by Crippen LogP contribution is -2.12. The molecule has 1 aromatic carbocycles. The van der Waals surface area contributed by atoms with E-state index in [0.717, 1.165) is 42.6 Å². The van der Waals surface area contributed by atoms with Gasteiger partial charge in [-0.25, -0.2) is 9.37 Å². The lowest BCUT2D eigenvalue weighted by atomic mass is 10.0. The molecule has 0 atom stereocenters. The zero-order valence-electron chi connectivity index (χ0n) is 11.5. The zero-order chi connectivity index (χ0) is 14.1. The molecule has 3 rings (SSSR count). The van der Waals surface area contributed by atoms with Crippen LogP contribution in [-0.2, 0) is 12.8 Å². The normalized spacial score (nSPS) is 14.8. The highest BCUT2D eigenvalue weighted by atomic mass is 19.1. The van der Waals surface area contributed by atoms with E-state index in [4.69, 9.17) is 15.6 Å². The minimum Gasteiger partial charge on any atom is -0.494 e. The topological polar surface area (TPSA) is 60.2 Å². The predicted molar refractivity (Wildman–Crippen MR) is 77.3 cm³/mol. The van der Waals surface area contributed by atoms with Gasteiger partial charge in [-0.1, -0.05) is 6.42 Å². The number of ether oxygens (including phenoxy) is 1. The van der Waals surface area contributed by atoms with Crippen LogP contribution in [0.1, 0.15) is 30.5 Å². The van der Waals surface area contributed by atoms with E-state index in [1.807, 2.05) is 0 Å². The van der Waals surface area contributed by atoms with Crippen molar-refractivity contribution in [3.63, 3.8) is 0 Å². The zero-order valence-corrected chi connectivity index (χ0v) is 11.5. The number of pyridine rings is 1. The summed E-state index contributed by atoms with van der Waals surface area (Å²) in [5.74, 6) is 5.79. The van der Waals surface area contributed by atoms with Crippen LogP contribution < -0.4 is 16.0 Å². The van der Waals surface area contributed by atoms with E-state index in [9.17, 15) is 4.39 Å². The molecule has 0 spiro atoms. The van der Waals surface area contributed by atoms with Crippen LogP contribution in [0.2, 0.25) is 0 Å². The van der Waals surface area contributed by atoms with Gasteiger partial charge in [-0.2, -0.15) is 0 Å². The fourth-order valence-electron chi connectivity index (χ4n) is 2.96. The molecule has 0 amide bonds. The van der Waals surface area contributed by atoms with Gasteiger partial charge in [0, 0.05) is 17.1 Å². The van der Waals surface area contributed by atoms with Crippen molar-refractivity contribution in [2.24, 2.45) is 5.84 Å². The third-order valence-electron chi connectivity index (χ3n) is 3.91. The Hall–Kier alpha value is -1.88. The van der Waals surface area contributed by atoms with Gasteiger partial charge in [-0.3, -0.25) is 5.84 Å². The van der Waals surface area contributed by atoms with Crippen LogP contribution in [0.25, 0.3) is 10.9 Å². The van der Waals surface area contributed by atoms with Crippen molar-refractivity contribution >= 4 is 16.6 Å². The molecule has 106 valence electrons. The third kappa shape index (κ3) is 2.08. The number of fused-ring (bicyclic) bond motifs is 2. The molecule has 0 saturated carbocycles. The van der Waals surface area contributed by atoms with Crippen LogP contribution in [-0.4, -0.2) is 12.1 Å². The fourth-order valence-corrected chi connectivity index (χ4v) is 2.96. The maximum atomic E-state index is 13.7. The number of hydrogen-bond acceptors (Lipinski definition) is 4. The van der Waals surface area contributed by atoms with Crippen molar-refractivity contribution in [1.29, 1.82) is 0 Å². The highest BCUT2D eigenvalue weighted by Crippen LogP contribution is 2.36. The third-order valence-corrected chi connectivity index (χ3v) is 3.91. The number of rotatable bonds is 2. The van der Waals surface area contributed by atoms with Crippen LogP contribution in [0.15, 0.2) is 12.1 Å². The number of nitrogen functional groups attached to an aromatic ring is 1. The summed E-state index contributed by atoms with van der Waals surface area (Å²) in [5, 5.41) is 0.685. The summed E-state index contributed by atoms with van der Waals surface area (Å²) in [7, 11) is 1.52. The Morgan fingerprint density at radius 1 is 1.25 bits per heavy atom. The maximum Gasteiger partial charge on any atom is 0.148 e. The van der Waals surface area contributed by atoms with Crippen LogP contribution in [0.4, 0.5) is 10.1 Å². The van der Waals surface area contributed by atoms with E-state index >= 15 is 0 Å². The molecule has 5 heteroatoms. The summed E-state index contributed by atoms with van der Waals surface area (Å²) in [6.07, 6.45) is 5.28. The van der Waals surface area contributed by atoms with E-state index in [0.29, 0.717) is 16.7 Å². The Labute approximate surface area is 117 Å². The Balaban J connectivity index is 2.35. The second-order valence-electron chi connectivity index (χ2n) is 5.12. The second kappa shape index (κ2) is 5.25. The van der Waals surface area contributed by atoms with Crippen LogP contribution in [0.5, 0.6) is 5.75 Å². The molecule has 3 N–H and O–H groups in total. The number of hydrogen-bond donors (Lipinski definition) is 2. The number of halogens is 1. The molecule has 1 heterocycles. The highest BCUT2D eigenvalue weighted by Gasteiger charge is 2.19.